The van der Waals surface area contributed by atoms with E-state index in [2.05, 4.69) is 10.3 Å². The smallest absolute Gasteiger partial charge is 0.332 e. The van der Waals surface area contributed by atoms with E-state index in [1.165, 1.54) is 22.7 Å². The van der Waals surface area contributed by atoms with E-state index >= 15 is 0 Å². The van der Waals surface area contributed by atoms with Crippen molar-refractivity contribution in [2.24, 2.45) is 0 Å². The predicted octanol–water partition coefficient (Wildman–Crippen LogP) is 3.47. The second-order valence-electron chi connectivity index (χ2n) is 10.9. The van der Waals surface area contributed by atoms with Gasteiger partial charge in [0.1, 0.15) is 18.0 Å². The number of aromatic nitrogens is 1. The van der Waals surface area contributed by atoms with Crippen LogP contribution in [0.2, 0.25) is 0 Å². The van der Waals surface area contributed by atoms with E-state index in [0.29, 0.717) is 0 Å². The standard InChI is InChI=1S/C33H34N4O7S2/c1-19(2)15-16-43-25(39)14-13-22(23-17-46-33(34)35-23)29(40)36-26-30(41)37-27(24(38)18-45-31(26)37)32(42)44-28(20-9-5-3-6-10-20)21-11-7-4-8-12-21/h3-13,15,17,24,26-28,31,38H,14,16,18H2,1-2H3,(H2,34,35)(H,36,40)/b22-13-/t24?,26-,27?,31-/m1/s1. The summed E-state index contributed by atoms with van der Waals surface area (Å²) in [5, 5.41) is 14.8. The molecule has 2 aromatic carbocycles. The van der Waals surface area contributed by atoms with Crippen LogP contribution in [0.5, 0.6) is 0 Å². The number of nitrogens with two attached hydrogens (primary N) is 1. The molecular weight excluding hydrogens is 629 g/mol. The van der Waals surface area contributed by atoms with Gasteiger partial charge in [-0.05, 0) is 31.1 Å². The van der Waals surface area contributed by atoms with Crippen LogP contribution in [0, 0.1) is 0 Å². The molecule has 2 saturated heterocycles. The lowest BCUT2D eigenvalue weighted by molar-refractivity contribution is -0.173. The topological polar surface area (TPSA) is 161 Å². The molecule has 4 N–H and O–H groups in total. The van der Waals surface area contributed by atoms with Gasteiger partial charge in [0.25, 0.3) is 5.91 Å². The van der Waals surface area contributed by atoms with E-state index < -0.39 is 53.4 Å². The number of anilines is 1. The van der Waals surface area contributed by atoms with Crippen LogP contribution >= 0.6 is 23.1 Å². The molecule has 46 heavy (non-hydrogen) atoms. The average Bonchev–Trinajstić information content (AvgIpc) is 3.48. The summed E-state index contributed by atoms with van der Waals surface area (Å²) in [7, 11) is 0. The maximum Gasteiger partial charge on any atom is 0.332 e. The Kier molecular flexibility index (Phi) is 10.6. The molecule has 2 aliphatic rings. The molecule has 4 atom stereocenters. The third-order valence-electron chi connectivity index (χ3n) is 7.40. The molecule has 240 valence electrons. The van der Waals surface area contributed by atoms with Gasteiger partial charge in [0.15, 0.2) is 17.3 Å². The van der Waals surface area contributed by atoms with Crippen LogP contribution in [0.25, 0.3) is 5.57 Å². The van der Waals surface area contributed by atoms with Gasteiger partial charge in [-0.15, -0.1) is 23.1 Å². The summed E-state index contributed by atoms with van der Waals surface area (Å²) in [5.74, 6) is -2.33. The first-order valence-corrected chi connectivity index (χ1v) is 16.5. The van der Waals surface area contributed by atoms with Crippen molar-refractivity contribution in [1.29, 1.82) is 0 Å². The van der Waals surface area contributed by atoms with E-state index in [9.17, 15) is 24.3 Å². The minimum atomic E-state index is -1.26. The fraction of sp³-hybridized carbons (Fsp3) is 0.303. The Labute approximate surface area is 274 Å². The van der Waals surface area contributed by atoms with Crippen LogP contribution in [-0.2, 0) is 28.7 Å². The Bertz CT molecular complexity index is 1600. The number of fused-ring (bicyclic) bond motifs is 1. The van der Waals surface area contributed by atoms with Crippen molar-refractivity contribution < 1.29 is 33.8 Å². The van der Waals surface area contributed by atoms with Crippen molar-refractivity contribution in [3.05, 3.63) is 101 Å². The van der Waals surface area contributed by atoms with Crippen molar-refractivity contribution in [1.82, 2.24) is 15.2 Å². The number of thiazole rings is 1. The van der Waals surface area contributed by atoms with Crippen LogP contribution in [0.4, 0.5) is 5.13 Å². The highest BCUT2D eigenvalue weighted by Gasteiger charge is 2.58. The van der Waals surface area contributed by atoms with Crippen LogP contribution in [0.3, 0.4) is 0 Å². The van der Waals surface area contributed by atoms with E-state index in [1.54, 1.807) is 11.5 Å². The number of nitrogen functional groups attached to an aromatic ring is 1. The summed E-state index contributed by atoms with van der Waals surface area (Å²) in [6.45, 7) is 3.88. The molecule has 0 aliphatic carbocycles. The molecule has 0 saturated carbocycles. The van der Waals surface area contributed by atoms with E-state index in [1.807, 2.05) is 74.5 Å². The number of rotatable bonds is 11. The molecule has 11 nitrogen and oxygen atoms in total. The molecule has 2 aliphatic heterocycles. The van der Waals surface area contributed by atoms with E-state index in [-0.39, 0.29) is 35.2 Å². The first kappa shape index (κ1) is 32.9. The number of ether oxygens (including phenoxy) is 2. The average molecular weight is 663 g/mol. The molecule has 5 rings (SSSR count). The molecule has 2 fully saturated rings. The number of carbonyl (C=O) groups excluding carboxylic acids is 4. The quantitative estimate of drug-likeness (QED) is 0.120. The van der Waals surface area contributed by atoms with Crippen molar-refractivity contribution in [3.63, 3.8) is 0 Å². The summed E-state index contributed by atoms with van der Waals surface area (Å²) < 4.78 is 11.2. The van der Waals surface area contributed by atoms with Crippen LogP contribution in [-0.4, -0.2) is 74.7 Å². The molecule has 13 heteroatoms. The number of hydrogen-bond acceptors (Lipinski definition) is 11. The molecule has 0 radical (unpaired) electrons. The number of allylic oxidation sites excluding steroid dienone is 1. The molecule has 2 unspecified atom stereocenters. The number of aliphatic hydroxyl groups excluding tert-OH is 1. The number of β-lactam (4-membered cyclic amide) rings is 1. The fourth-order valence-electron chi connectivity index (χ4n) is 5.10. The maximum absolute atomic E-state index is 13.6. The van der Waals surface area contributed by atoms with Crippen LogP contribution < -0.4 is 11.1 Å². The maximum atomic E-state index is 13.6. The number of carbonyl (C=O) groups is 4. The first-order chi connectivity index (χ1) is 22.1. The highest BCUT2D eigenvalue weighted by molar-refractivity contribution is 8.00. The largest absolute Gasteiger partial charge is 0.461 e. The van der Waals surface area contributed by atoms with Gasteiger partial charge in [-0.2, -0.15) is 0 Å². The lowest BCUT2D eigenvalue weighted by atomic mass is 9.98. The van der Waals surface area contributed by atoms with Gasteiger partial charge in [-0.3, -0.25) is 14.4 Å². The lowest BCUT2D eigenvalue weighted by Gasteiger charge is -2.53. The van der Waals surface area contributed by atoms with Crippen molar-refractivity contribution >= 4 is 57.6 Å². The molecule has 0 bridgehead atoms. The lowest BCUT2D eigenvalue weighted by Crippen LogP contribution is -2.76. The van der Waals surface area contributed by atoms with Gasteiger partial charge in [0.05, 0.1) is 23.8 Å². The Morgan fingerprint density at radius 1 is 1.09 bits per heavy atom. The zero-order valence-electron chi connectivity index (χ0n) is 25.2. The Morgan fingerprint density at radius 2 is 1.74 bits per heavy atom. The number of hydrogen-bond donors (Lipinski definition) is 3. The molecular formula is C33H34N4O7S2. The Morgan fingerprint density at radius 3 is 2.33 bits per heavy atom. The summed E-state index contributed by atoms with van der Waals surface area (Å²) >= 11 is 2.38. The number of benzene rings is 2. The number of nitrogens with one attached hydrogen (secondary N) is 1. The number of aliphatic hydroxyl groups is 1. The van der Waals surface area contributed by atoms with Crippen LogP contribution in [0.15, 0.2) is 83.8 Å². The first-order valence-electron chi connectivity index (χ1n) is 14.6. The molecule has 3 heterocycles. The minimum absolute atomic E-state index is 0.0590. The van der Waals surface area contributed by atoms with Crippen molar-refractivity contribution in [3.8, 4) is 0 Å². The highest BCUT2D eigenvalue weighted by atomic mass is 32.2. The number of thioether (sulfide) groups is 1. The van der Waals surface area contributed by atoms with E-state index in [4.69, 9.17) is 15.2 Å². The monoisotopic (exact) mass is 662 g/mol. The second-order valence-corrected chi connectivity index (χ2v) is 13.0. The molecule has 2 amide bonds. The minimum Gasteiger partial charge on any atom is -0.461 e. The predicted molar refractivity (Wildman–Crippen MR) is 175 cm³/mol. The van der Waals surface area contributed by atoms with Gasteiger partial charge < -0.3 is 30.5 Å². The Balaban J connectivity index is 1.30. The van der Waals surface area contributed by atoms with Gasteiger partial charge >= 0.3 is 11.9 Å². The third-order valence-corrected chi connectivity index (χ3v) is 9.45. The zero-order chi connectivity index (χ0) is 32.8. The van der Waals surface area contributed by atoms with Gasteiger partial charge in [0, 0.05) is 11.1 Å². The van der Waals surface area contributed by atoms with E-state index in [0.717, 1.165) is 28.0 Å². The summed E-state index contributed by atoms with van der Waals surface area (Å²) in [6, 6.07) is 16.2. The van der Waals surface area contributed by atoms with Gasteiger partial charge in [-0.1, -0.05) is 72.3 Å². The summed E-state index contributed by atoms with van der Waals surface area (Å²) in [4.78, 5) is 58.4. The molecule has 1 aromatic heterocycles. The molecule has 3 aromatic rings. The summed E-state index contributed by atoms with van der Waals surface area (Å²) in [6.07, 6.45) is 1.02. The normalized spacial score (nSPS) is 20.7. The van der Waals surface area contributed by atoms with Gasteiger partial charge in [0.2, 0.25) is 5.91 Å². The highest BCUT2D eigenvalue weighted by Crippen LogP contribution is 2.40. The number of esters is 2. The SMILES string of the molecule is CC(C)=CCOC(=O)C/C=C(\C(=O)N[C@@H]1C(=O)N2C(C(=O)OC(c3ccccc3)c3ccccc3)C(O)CS[C@H]12)c1csc(N)n1. The summed E-state index contributed by atoms with van der Waals surface area (Å²) in [5.41, 5.74) is 8.58. The van der Waals surface area contributed by atoms with Crippen LogP contribution in [0.1, 0.15) is 43.2 Å². The Hall–Kier alpha value is -4.46. The third kappa shape index (κ3) is 7.49. The zero-order valence-corrected chi connectivity index (χ0v) is 26.8. The molecule has 0 spiro atoms. The van der Waals surface area contributed by atoms with Crippen molar-refractivity contribution in [2.75, 3.05) is 18.1 Å². The van der Waals surface area contributed by atoms with Crippen molar-refractivity contribution in [2.45, 2.75) is 49.9 Å². The number of nitrogens with zero attached hydrogens (tertiary/aromatic N) is 2. The fourth-order valence-corrected chi connectivity index (χ4v) is 7.01. The van der Waals surface area contributed by atoms with Gasteiger partial charge in [-0.25, -0.2) is 9.78 Å². The second kappa shape index (κ2) is 14.8. The number of amides is 2.